The minimum absolute atomic E-state index is 0.405. The van der Waals surface area contributed by atoms with Gasteiger partial charge in [0.25, 0.3) is 0 Å². The summed E-state index contributed by atoms with van der Waals surface area (Å²) in [5.41, 5.74) is 1.20. The summed E-state index contributed by atoms with van der Waals surface area (Å²) in [5.74, 6) is -1.58. The number of hydrogen-bond donors (Lipinski definition) is 2. The fourth-order valence-electron chi connectivity index (χ4n) is 3.29. The highest BCUT2D eigenvalue weighted by atomic mass is 16.5. The second-order valence-electron chi connectivity index (χ2n) is 7.06. The standard InChI is InChI=1S/C16H25N3O.C4H4O4/c1-18-7-4-8-19(10-9-18)14-11-16(13-17-12-14)20-15-5-2-3-6-15;5-3(6)1-2-4(7)8/h11-13,15H,2-10H2,1H3;1-2H,(H,5,6)(H,7,8)/b;2-1+. The first-order valence-electron chi connectivity index (χ1n) is 9.63. The van der Waals surface area contributed by atoms with Gasteiger partial charge in [-0.2, -0.15) is 0 Å². The van der Waals surface area contributed by atoms with Gasteiger partial charge in [0.2, 0.25) is 0 Å². The number of aromatic nitrogens is 1. The van der Waals surface area contributed by atoms with Gasteiger partial charge in [0, 0.05) is 37.9 Å². The van der Waals surface area contributed by atoms with Crippen LogP contribution >= 0.6 is 0 Å². The molecule has 1 aliphatic carbocycles. The zero-order valence-electron chi connectivity index (χ0n) is 16.3. The molecule has 8 heteroatoms. The molecule has 28 heavy (non-hydrogen) atoms. The van der Waals surface area contributed by atoms with Crippen LogP contribution in [0.1, 0.15) is 32.1 Å². The van der Waals surface area contributed by atoms with E-state index in [-0.39, 0.29) is 0 Å². The highest BCUT2D eigenvalue weighted by Crippen LogP contribution is 2.26. The second-order valence-corrected chi connectivity index (χ2v) is 7.06. The van der Waals surface area contributed by atoms with Crippen LogP contribution in [0.3, 0.4) is 0 Å². The van der Waals surface area contributed by atoms with Gasteiger partial charge in [-0.05, 0) is 45.7 Å². The number of hydrogen-bond acceptors (Lipinski definition) is 6. The Morgan fingerprint density at radius 2 is 1.71 bits per heavy atom. The number of carboxylic acids is 2. The normalized spacial score (nSPS) is 18.4. The number of ether oxygens (including phenoxy) is 1. The van der Waals surface area contributed by atoms with Gasteiger partial charge < -0.3 is 24.7 Å². The zero-order chi connectivity index (χ0) is 20.4. The van der Waals surface area contributed by atoms with Gasteiger partial charge in [0.15, 0.2) is 0 Å². The predicted molar refractivity (Wildman–Crippen MR) is 106 cm³/mol. The summed E-state index contributed by atoms with van der Waals surface area (Å²) in [6.07, 6.45) is 11.5. The van der Waals surface area contributed by atoms with Gasteiger partial charge in [0.05, 0.1) is 24.2 Å². The van der Waals surface area contributed by atoms with Gasteiger partial charge in [0.1, 0.15) is 5.75 Å². The molecule has 0 atom stereocenters. The summed E-state index contributed by atoms with van der Waals surface area (Å²) in [7, 11) is 2.20. The highest BCUT2D eigenvalue weighted by Gasteiger charge is 2.18. The molecule has 0 bridgehead atoms. The van der Waals surface area contributed by atoms with Gasteiger partial charge in [-0.3, -0.25) is 4.98 Å². The van der Waals surface area contributed by atoms with Gasteiger partial charge >= 0.3 is 11.9 Å². The van der Waals surface area contributed by atoms with Crippen LogP contribution in [0.4, 0.5) is 5.69 Å². The van der Waals surface area contributed by atoms with Crippen LogP contribution in [0.2, 0.25) is 0 Å². The van der Waals surface area contributed by atoms with E-state index >= 15 is 0 Å². The quantitative estimate of drug-likeness (QED) is 0.737. The molecule has 0 radical (unpaired) electrons. The van der Waals surface area contributed by atoms with Gasteiger partial charge in [-0.15, -0.1) is 0 Å². The molecule has 2 aliphatic rings. The van der Waals surface area contributed by atoms with Crippen molar-refractivity contribution in [1.29, 1.82) is 0 Å². The third kappa shape index (κ3) is 7.96. The highest BCUT2D eigenvalue weighted by molar-refractivity contribution is 5.89. The maximum Gasteiger partial charge on any atom is 0.328 e. The number of anilines is 1. The van der Waals surface area contributed by atoms with E-state index in [9.17, 15) is 9.59 Å². The van der Waals surface area contributed by atoms with E-state index < -0.39 is 11.9 Å². The number of carbonyl (C=O) groups is 2. The first-order valence-corrected chi connectivity index (χ1v) is 9.63. The number of rotatable bonds is 5. The van der Waals surface area contributed by atoms with Crippen molar-refractivity contribution in [3.63, 3.8) is 0 Å². The zero-order valence-corrected chi connectivity index (χ0v) is 16.3. The van der Waals surface area contributed by atoms with Crippen molar-refractivity contribution >= 4 is 17.6 Å². The molecule has 1 saturated carbocycles. The largest absolute Gasteiger partial charge is 0.489 e. The Hall–Kier alpha value is -2.61. The van der Waals surface area contributed by atoms with Crippen molar-refractivity contribution < 1.29 is 24.5 Å². The minimum atomic E-state index is -1.26. The second kappa shape index (κ2) is 11.3. The summed E-state index contributed by atoms with van der Waals surface area (Å²) in [6, 6.07) is 2.16. The number of likely N-dealkylation sites (N-methyl/N-ethyl adjacent to an activating group) is 1. The summed E-state index contributed by atoms with van der Waals surface area (Å²) in [6.45, 7) is 4.49. The fourth-order valence-corrected chi connectivity index (χ4v) is 3.29. The number of nitrogens with zero attached hydrogens (tertiary/aromatic N) is 3. The molecule has 2 N–H and O–H groups in total. The lowest BCUT2D eigenvalue weighted by Gasteiger charge is -2.23. The van der Waals surface area contributed by atoms with E-state index in [1.54, 1.807) is 0 Å². The molecular weight excluding hydrogens is 362 g/mol. The predicted octanol–water partition coefficient (Wildman–Crippen LogP) is 2.26. The van der Waals surface area contributed by atoms with Crippen molar-refractivity contribution in [3.8, 4) is 5.75 Å². The lowest BCUT2D eigenvalue weighted by Crippen LogP contribution is -2.28. The van der Waals surface area contributed by atoms with Crippen molar-refractivity contribution in [2.24, 2.45) is 0 Å². The van der Waals surface area contributed by atoms with E-state index in [4.69, 9.17) is 14.9 Å². The SMILES string of the molecule is CN1CCCN(c2cncc(OC3CCCC3)c2)CC1.O=C(O)/C=C/C(=O)O. The Morgan fingerprint density at radius 1 is 1.04 bits per heavy atom. The van der Waals surface area contributed by atoms with E-state index in [2.05, 4.69) is 27.9 Å². The summed E-state index contributed by atoms with van der Waals surface area (Å²) in [4.78, 5) is 28.3. The maximum atomic E-state index is 9.55. The molecule has 3 rings (SSSR count). The molecule has 0 unspecified atom stereocenters. The van der Waals surface area contributed by atoms with Crippen LogP contribution in [0.25, 0.3) is 0 Å². The summed E-state index contributed by atoms with van der Waals surface area (Å²) < 4.78 is 6.06. The monoisotopic (exact) mass is 391 g/mol. The fraction of sp³-hybridized carbons (Fsp3) is 0.550. The maximum absolute atomic E-state index is 9.55. The van der Waals surface area contributed by atoms with Crippen LogP contribution in [-0.2, 0) is 9.59 Å². The smallest absolute Gasteiger partial charge is 0.328 e. The Morgan fingerprint density at radius 3 is 2.36 bits per heavy atom. The van der Waals surface area contributed by atoms with Crippen LogP contribution in [0.15, 0.2) is 30.6 Å². The molecule has 1 saturated heterocycles. The Kier molecular flexibility index (Phi) is 8.74. The minimum Gasteiger partial charge on any atom is -0.489 e. The average Bonchev–Trinajstić information content (AvgIpc) is 3.07. The molecule has 2 fully saturated rings. The van der Waals surface area contributed by atoms with Crippen LogP contribution in [0, 0.1) is 0 Å². The molecule has 154 valence electrons. The van der Waals surface area contributed by atoms with Crippen molar-refractivity contribution in [2.75, 3.05) is 38.1 Å². The van der Waals surface area contributed by atoms with E-state index in [0.717, 1.165) is 25.4 Å². The number of carboxylic acid groups (broad SMARTS) is 2. The molecule has 0 aromatic carbocycles. The molecule has 8 nitrogen and oxygen atoms in total. The topological polar surface area (TPSA) is 103 Å². The molecule has 1 aromatic heterocycles. The third-order valence-corrected chi connectivity index (χ3v) is 4.76. The first-order chi connectivity index (χ1) is 13.4. The van der Waals surface area contributed by atoms with Crippen molar-refractivity contribution in [1.82, 2.24) is 9.88 Å². The van der Waals surface area contributed by atoms with Crippen LogP contribution < -0.4 is 9.64 Å². The Balaban J connectivity index is 0.000000300. The summed E-state index contributed by atoms with van der Waals surface area (Å²) in [5, 5.41) is 15.6. The van der Waals surface area contributed by atoms with E-state index in [1.807, 2.05) is 12.4 Å². The van der Waals surface area contributed by atoms with Crippen molar-refractivity contribution in [3.05, 3.63) is 30.6 Å². The van der Waals surface area contributed by atoms with Crippen molar-refractivity contribution in [2.45, 2.75) is 38.2 Å². The van der Waals surface area contributed by atoms with Crippen LogP contribution in [-0.4, -0.2) is 71.4 Å². The number of pyridine rings is 1. The average molecular weight is 391 g/mol. The molecule has 1 aromatic rings. The molecule has 1 aliphatic heterocycles. The molecule has 0 spiro atoms. The number of aliphatic carboxylic acids is 2. The molecule has 0 amide bonds. The third-order valence-electron chi connectivity index (χ3n) is 4.76. The molecule has 2 heterocycles. The summed E-state index contributed by atoms with van der Waals surface area (Å²) >= 11 is 0. The van der Waals surface area contributed by atoms with E-state index in [1.165, 1.54) is 44.3 Å². The van der Waals surface area contributed by atoms with Gasteiger partial charge in [-0.1, -0.05) is 0 Å². The molecular formula is C20H29N3O5. The lowest BCUT2D eigenvalue weighted by atomic mass is 10.3. The lowest BCUT2D eigenvalue weighted by molar-refractivity contribution is -0.134. The Bertz CT molecular complexity index is 658. The van der Waals surface area contributed by atoms with E-state index in [0.29, 0.717) is 18.3 Å². The van der Waals surface area contributed by atoms with Gasteiger partial charge in [-0.25, -0.2) is 9.59 Å². The first kappa shape index (κ1) is 21.7. The van der Waals surface area contributed by atoms with Crippen LogP contribution in [0.5, 0.6) is 5.75 Å². The Labute approximate surface area is 165 Å².